The van der Waals surface area contributed by atoms with Crippen molar-refractivity contribution < 1.29 is 27.5 Å². The van der Waals surface area contributed by atoms with E-state index in [4.69, 9.17) is 9.47 Å². The summed E-state index contributed by atoms with van der Waals surface area (Å²) < 4.78 is 37.7. The molecule has 4 N–H and O–H groups in total. The van der Waals surface area contributed by atoms with Crippen LogP contribution in [0, 0.1) is 0 Å². The third-order valence-electron chi connectivity index (χ3n) is 6.95. The van der Waals surface area contributed by atoms with Crippen LogP contribution in [-0.4, -0.2) is 44.8 Å². The molecule has 0 radical (unpaired) electrons. The number of aromatic nitrogens is 1. The van der Waals surface area contributed by atoms with Gasteiger partial charge in [0.25, 0.3) is 5.91 Å². The Morgan fingerprint density at radius 1 is 1.00 bits per heavy atom. The van der Waals surface area contributed by atoms with E-state index in [2.05, 4.69) is 25.7 Å². The summed E-state index contributed by atoms with van der Waals surface area (Å²) in [7, 11) is -2.21. The quantitative estimate of drug-likeness (QED) is 0.213. The number of carbonyl (C=O) groups excluding carboxylic acids is 2. The van der Waals surface area contributed by atoms with Crippen molar-refractivity contribution in [2.24, 2.45) is 0 Å². The first-order chi connectivity index (χ1) is 20.2. The number of amides is 3. The van der Waals surface area contributed by atoms with Crippen molar-refractivity contribution in [1.82, 2.24) is 4.98 Å². The van der Waals surface area contributed by atoms with Gasteiger partial charge in [-0.3, -0.25) is 9.52 Å². The second kappa shape index (κ2) is 11.1. The average Bonchev–Trinajstić information content (AvgIpc) is 2.92. The summed E-state index contributed by atoms with van der Waals surface area (Å²) >= 11 is 0. The highest BCUT2D eigenvalue weighted by Gasteiger charge is 2.26. The standard InChI is InChI=1S/C31H33N5O6S/c1-17-28(37)33-26-13-18(16-32-29(26)42-17)20-11-12-23(22-10-8-7-9-21(20)22)34-30(38)35-24-14-19(31(2,3)4)15-25(27(24)41-5)36-43(6,39)40/h7-17,36H,1-6H3,(H,33,37)(H2,34,35,38). The van der Waals surface area contributed by atoms with E-state index in [0.717, 1.165) is 33.7 Å². The van der Waals surface area contributed by atoms with Crippen molar-refractivity contribution >= 4 is 55.5 Å². The van der Waals surface area contributed by atoms with Crippen molar-refractivity contribution in [3.63, 3.8) is 0 Å². The zero-order valence-electron chi connectivity index (χ0n) is 24.7. The third-order valence-corrected chi connectivity index (χ3v) is 7.54. The monoisotopic (exact) mass is 603 g/mol. The molecule has 1 atom stereocenters. The maximum absolute atomic E-state index is 13.3. The minimum Gasteiger partial charge on any atom is -0.492 e. The van der Waals surface area contributed by atoms with Crippen molar-refractivity contribution in [3.05, 3.63) is 66.4 Å². The van der Waals surface area contributed by atoms with Gasteiger partial charge >= 0.3 is 6.03 Å². The normalized spacial score (nSPS) is 14.7. The minimum atomic E-state index is -3.62. The molecule has 1 unspecified atom stereocenters. The summed E-state index contributed by atoms with van der Waals surface area (Å²) in [5.41, 5.74) is 3.61. The number of hydrogen-bond acceptors (Lipinski definition) is 7. The molecule has 224 valence electrons. The first kappa shape index (κ1) is 29.6. The zero-order chi connectivity index (χ0) is 31.1. The van der Waals surface area contributed by atoms with Gasteiger partial charge in [0.1, 0.15) is 5.69 Å². The molecule has 0 aliphatic carbocycles. The molecule has 2 heterocycles. The Hall–Kier alpha value is -4.84. The Bertz CT molecular complexity index is 1870. The molecule has 3 amide bonds. The van der Waals surface area contributed by atoms with Crippen LogP contribution in [0.2, 0.25) is 0 Å². The predicted octanol–water partition coefficient (Wildman–Crippen LogP) is 5.94. The fraction of sp³-hybridized carbons (Fsp3) is 0.258. The number of nitrogens with one attached hydrogen (secondary N) is 4. The number of urea groups is 1. The Kier molecular flexibility index (Phi) is 7.65. The number of ether oxygens (including phenoxy) is 2. The lowest BCUT2D eigenvalue weighted by Gasteiger charge is -2.24. The Morgan fingerprint density at radius 3 is 2.35 bits per heavy atom. The van der Waals surface area contributed by atoms with Crippen molar-refractivity contribution in [1.29, 1.82) is 0 Å². The molecule has 0 saturated heterocycles. The van der Waals surface area contributed by atoms with Crippen LogP contribution in [0.5, 0.6) is 11.6 Å². The molecular formula is C31H33N5O6S. The molecule has 0 saturated carbocycles. The predicted molar refractivity (Wildman–Crippen MR) is 169 cm³/mol. The maximum Gasteiger partial charge on any atom is 0.323 e. The van der Waals surface area contributed by atoms with Gasteiger partial charge in [-0.05, 0) is 53.1 Å². The summed E-state index contributed by atoms with van der Waals surface area (Å²) in [4.78, 5) is 29.9. The largest absolute Gasteiger partial charge is 0.492 e. The molecule has 3 aromatic carbocycles. The van der Waals surface area contributed by atoms with E-state index >= 15 is 0 Å². The number of nitrogens with zero attached hydrogens (tertiary/aromatic N) is 1. The Morgan fingerprint density at radius 2 is 1.67 bits per heavy atom. The van der Waals surface area contributed by atoms with Crippen LogP contribution in [0.25, 0.3) is 21.9 Å². The highest BCUT2D eigenvalue weighted by atomic mass is 32.2. The molecule has 5 rings (SSSR count). The first-order valence-electron chi connectivity index (χ1n) is 13.5. The van der Waals surface area contributed by atoms with Crippen LogP contribution >= 0.6 is 0 Å². The number of hydrogen-bond donors (Lipinski definition) is 4. The van der Waals surface area contributed by atoms with Crippen LogP contribution < -0.4 is 30.1 Å². The first-order valence-corrected chi connectivity index (χ1v) is 15.4. The molecule has 1 aromatic heterocycles. The summed E-state index contributed by atoms with van der Waals surface area (Å²) in [6, 6.07) is 16.0. The van der Waals surface area contributed by atoms with E-state index in [-0.39, 0.29) is 22.8 Å². The third kappa shape index (κ3) is 6.33. The molecular weight excluding hydrogens is 570 g/mol. The van der Waals surface area contributed by atoms with Crippen LogP contribution in [-0.2, 0) is 20.2 Å². The molecule has 11 nitrogen and oxygen atoms in total. The molecule has 0 bridgehead atoms. The van der Waals surface area contributed by atoms with E-state index in [1.807, 2.05) is 57.2 Å². The number of fused-ring (bicyclic) bond motifs is 2. The van der Waals surface area contributed by atoms with Crippen LogP contribution in [0.15, 0.2) is 60.8 Å². The van der Waals surface area contributed by atoms with Crippen molar-refractivity contribution in [2.75, 3.05) is 34.0 Å². The smallest absolute Gasteiger partial charge is 0.323 e. The van der Waals surface area contributed by atoms with E-state index in [9.17, 15) is 18.0 Å². The summed E-state index contributed by atoms with van der Waals surface area (Å²) in [6.07, 6.45) is 2.11. The minimum absolute atomic E-state index is 0.180. The Balaban J connectivity index is 1.48. The van der Waals surface area contributed by atoms with Gasteiger partial charge in [-0.15, -0.1) is 0 Å². The van der Waals surface area contributed by atoms with Crippen LogP contribution in [0.3, 0.4) is 0 Å². The SMILES string of the molecule is COc1c(NC(=O)Nc2ccc(-c3cnc4c(c3)NC(=O)C(C)O4)c3ccccc23)cc(C(C)(C)C)cc1NS(C)(=O)=O. The number of carbonyl (C=O) groups is 2. The fourth-order valence-electron chi connectivity index (χ4n) is 4.82. The van der Waals surface area contributed by atoms with Crippen LogP contribution in [0.1, 0.15) is 33.3 Å². The van der Waals surface area contributed by atoms with Gasteiger partial charge in [-0.1, -0.05) is 51.1 Å². The number of pyridine rings is 1. The maximum atomic E-state index is 13.3. The molecule has 0 fully saturated rings. The highest BCUT2D eigenvalue weighted by Crippen LogP contribution is 2.40. The van der Waals surface area contributed by atoms with E-state index < -0.39 is 22.2 Å². The number of methoxy groups -OCH3 is 1. The average molecular weight is 604 g/mol. The number of anilines is 4. The van der Waals surface area contributed by atoms with E-state index in [0.29, 0.717) is 22.9 Å². The number of sulfonamides is 1. The summed E-state index contributed by atoms with van der Waals surface area (Å²) in [6.45, 7) is 7.61. The molecule has 12 heteroatoms. The van der Waals surface area contributed by atoms with Gasteiger partial charge < -0.3 is 25.4 Å². The van der Waals surface area contributed by atoms with Gasteiger partial charge in [0.2, 0.25) is 15.9 Å². The molecule has 43 heavy (non-hydrogen) atoms. The van der Waals surface area contributed by atoms with Gasteiger partial charge in [0.05, 0.1) is 30.4 Å². The fourth-order valence-corrected chi connectivity index (χ4v) is 5.38. The van der Waals surface area contributed by atoms with E-state index in [1.54, 1.807) is 31.3 Å². The molecule has 1 aliphatic rings. The van der Waals surface area contributed by atoms with Gasteiger partial charge in [-0.2, -0.15) is 0 Å². The number of benzene rings is 3. The molecule has 1 aliphatic heterocycles. The topological polar surface area (TPSA) is 148 Å². The van der Waals surface area contributed by atoms with Gasteiger partial charge in [-0.25, -0.2) is 18.2 Å². The van der Waals surface area contributed by atoms with Crippen molar-refractivity contribution in [3.8, 4) is 22.8 Å². The van der Waals surface area contributed by atoms with Gasteiger partial charge in [0.15, 0.2) is 11.9 Å². The van der Waals surface area contributed by atoms with Crippen molar-refractivity contribution in [2.45, 2.75) is 39.2 Å². The Labute approximate surface area is 250 Å². The molecule has 4 aromatic rings. The summed E-state index contributed by atoms with van der Waals surface area (Å²) in [5, 5.41) is 10.2. The second-order valence-corrected chi connectivity index (χ2v) is 13.1. The lowest BCUT2D eigenvalue weighted by molar-refractivity contribution is -0.122. The highest BCUT2D eigenvalue weighted by molar-refractivity contribution is 7.92. The zero-order valence-corrected chi connectivity index (χ0v) is 25.5. The lowest BCUT2D eigenvalue weighted by Crippen LogP contribution is -2.34. The molecule has 0 spiro atoms. The second-order valence-electron chi connectivity index (χ2n) is 11.3. The summed E-state index contributed by atoms with van der Waals surface area (Å²) in [5.74, 6) is 0.292. The van der Waals surface area contributed by atoms with Crippen LogP contribution in [0.4, 0.5) is 27.5 Å². The number of rotatable bonds is 6. The van der Waals surface area contributed by atoms with E-state index in [1.165, 1.54) is 7.11 Å². The van der Waals surface area contributed by atoms with Gasteiger partial charge in [0, 0.05) is 17.1 Å². The lowest BCUT2D eigenvalue weighted by atomic mass is 9.86.